The van der Waals surface area contributed by atoms with Gasteiger partial charge in [-0.3, -0.25) is 0 Å². The number of nitrogens with zero attached hydrogens (tertiary/aromatic N) is 2. The first-order valence-corrected chi connectivity index (χ1v) is 19.8. The number of hydrogen-bond acceptors (Lipinski definition) is 8. The molecule has 1 fully saturated rings. The molecule has 1 aliphatic rings. The average Bonchev–Trinajstić information content (AvgIpc) is 3.37. The molecule has 1 saturated heterocycles. The number of sulfonamides is 2. The molecule has 4 aromatic carbocycles. The number of hydrogen-bond donors (Lipinski definition) is 2. The Hall–Kier alpha value is -3.83. The van der Waals surface area contributed by atoms with Gasteiger partial charge in [0, 0.05) is 13.1 Å². The van der Waals surface area contributed by atoms with Crippen molar-refractivity contribution in [3.05, 3.63) is 129 Å². The van der Waals surface area contributed by atoms with Crippen molar-refractivity contribution in [2.24, 2.45) is 0 Å². The fraction of sp³-hybridized carbons (Fsp3) is 0.188. The zero-order chi connectivity index (χ0) is 35.7. The zero-order valence-electron chi connectivity index (χ0n) is 25.3. The zero-order valence-corrected chi connectivity index (χ0v) is 29.2. The lowest BCUT2D eigenvalue weighted by atomic mass is 10.1. The second-order valence-electron chi connectivity index (χ2n) is 11.2. The van der Waals surface area contributed by atoms with Crippen LogP contribution in [-0.4, -0.2) is 79.6 Å². The molecule has 0 saturated carbocycles. The first-order chi connectivity index (χ1) is 23.0. The normalized spacial score (nSPS) is 17.7. The van der Waals surface area contributed by atoms with Gasteiger partial charge in [-0.1, -0.05) is 83.9 Å². The second-order valence-corrected chi connectivity index (χ2v) is 17.9. The molecule has 2 atom stereocenters. The molecule has 1 aliphatic heterocycles. The lowest BCUT2D eigenvalue weighted by molar-refractivity contribution is 0.0685. The van der Waals surface area contributed by atoms with Crippen molar-refractivity contribution >= 4 is 65.0 Å². The van der Waals surface area contributed by atoms with E-state index < -0.39 is 99.4 Å². The van der Waals surface area contributed by atoms with Crippen LogP contribution in [0.25, 0.3) is 0 Å². The minimum atomic E-state index is -4.85. The van der Waals surface area contributed by atoms with Crippen LogP contribution in [0, 0.1) is 0 Å². The maximum absolute atomic E-state index is 14.5. The summed E-state index contributed by atoms with van der Waals surface area (Å²) in [6.07, 6.45) is 0. The van der Waals surface area contributed by atoms with E-state index in [-0.39, 0.29) is 10.0 Å². The van der Waals surface area contributed by atoms with Gasteiger partial charge in [-0.05, 0) is 47.5 Å². The molecule has 5 rings (SSSR count). The number of benzene rings is 4. The van der Waals surface area contributed by atoms with Crippen LogP contribution < -0.4 is 0 Å². The summed E-state index contributed by atoms with van der Waals surface area (Å²) in [5, 5.41) is 18.5. The van der Waals surface area contributed by atoms with E-state index in [1.54, 1.807) is 60.7 Å². The number of carboxylic acid groups (broad SMARTS) is 2. The molecule has 4 aromatic rings. The third-order valence-corrected chi connectivity index (χ3v) is 14.3. The van der Waals surface area contributed by atoms with Gasteiger partial charge in [0.2, 0.25) is 20.0 Å². The van der Waals surface area contributed by atoms with Crippen molar-refractivity contribution in [1.82, 2.24) is 8.61 Å². The van der Waals surface area contributed by atoms with Crippen molar-refractivity contribution < 1.29 is 45.1 Å². The van der Waals surface area contributed by atoms with Gasteiger partial charge in [-0.15, -0.1) is 0 Å². The van der Waals surface area contributed by atoms with E-state index in [9.17, 15) is 45.1 Å². The van der Waals surface area contributed by atoms with Crippen LogP contribution in [0.4, 0.5) is 0 Å². The van der Waals surface area contributed by atoms with Gasteiger partial charge in [0.15, 0.2) is 9.84 Å². The van der Waals surface area contributed by atoms with Crippen molar-refractivity contribution in [2.75, 3.05) is 11.5 Å². The maximum atomic E-state index is 14.5. The minimum absolute atomic E-state index is 0.341. The Morgan fingerprint density at radius 3 is 1.31 bits per heavy atom. The fourth-order valence-electron chi connectivity index (χ4n) is 5.57. The van der Waals surface area contributed by atoms with Crippen molar-refractivity contribution in [3.63, 3.8) is 0 Å². The van der Waals surface area contributed by atoms with E-state index in [1.807, 2.05) is 0 Å². The van der Waals surface area contributed by atoms with Crippen LogP contribution in [0.1, 0.15) is 31.8 Å². The summed E-state index contributed by atoms with van der Waals surface area (Å²) < 4.78 is 86.8. The van der Waals surface area contributed by atoms with Crippen LogP contribution in [-0.2, 0) is 43.0 Å². The standard InChI is InChI=1S/C32H28Cl2N2O10S3/c33-25-13-11-23(31(37)38)15-29(25)48(43,44)35(17-21-7-3-1-4-8-21)27-19-47(41,42)20-28(27)36(18-22-9-5-2-6-10-22)49(45,46)30-16-24(32(39)40)12-14-26(30)34/h1-16,27-28H,17-20H2,(H,37,38)(H,39,40)/t27-,28-/m1/s1. The number of halogens is 2. The van der Waals surface area contributed by atoms with Crippen molar-refractivity contribution in [2.45, 2.75) is 35.0 Å². The van der Waals surface area contributed by atoms with Crippen LogP contribution in [0.15, 0.2) is 107 Å². The monoisotopic (exact) mass is 766 g/mol. The van der Waals surface area contributed by atoms with Gasteiger partial charge in [0.25, 0.3) is 0 Å². The smallest absolute Gasteiger partial charge is 0.335 e. The third kappa shape index (κ3) is 7.83. The molecular formula is C32H28Cl2N2O10S3. The SMILES string of the molecule is O=C(O)c1ccc(Cl)c(S(=O)(=O)N(Cc2ccccc2)[C@@H]2CS(=O)(=O)C[C@H]2N(Cc2ccccc2)S(=O)(=O)c2cc(C(=O)O)ccc2Cl)c1. The Kier molecular flexibility index (Phi) is 10.6. The minimum Gasteiger partial charge on any atom is -0.478 e. The molecule has 0 bridgehead atoms. The van der Waals surface area contributed by atoms with Crippen molar-refractivity contribution in [1.29, 1.82) is 0 Å². The number of carbonyl (C=O) groups is 2. The van der Waals surface area contributed by atoms with E-state index in [4.69, 9.17) is 23.2 Å². The number of sulfone groups is 1. The molecule has 0 amide bonds. The van der Waals surface area contributed by atoms with E-state index >= 15 is 0 Å². The molecule has 0 unspecified atom stereocenters. The highest BCUT2D eigenvalue weighted by Crippen LogP contribution is 2.37. The Morgan fingerprint density at radius 1 is 0.633 bits per heavy atom. The van der Waals surface area contributed by atoms with Gasteiger partial charge in [0.1, 0.15) is 9.79 Å². The number of rotatable bonds is 12. The largest absolute Gasteiger partial charge is 0.478 e. The quantitative estimate of drug-likeness (QED) is 0.206. The summed E-state index contributed by atoms with van der Waals surface area (Å²) in [6, 6.07) is 19.2. The van der Waals surface area contributed by atoms with Gasteiger partial charge >= 0.3 is 11.9 Å². The van der Waals surface area contributed by atoms with Gasteiger partial charge in [0.05, 0.1) is 44.8 Å². The van der Waals surface area contributed by atoms with E-state index in [1.165, 1.54) is 0 Å². The lowest BCUT2D eigenvalue weighted by Gasteiger charge is -2.37. The molecule has 1 heterocycles. The summed E-state index contributed by atoms with van der Waals surface area (Å²) in [6.45, 7) is -0.885. The first kappa shape index (κ1) is 36.5. The predicted molar refractivity (Wildman–Crippen MR) is 181 cm³/mol. The molecule has 0 radical (unpaired) electrons. The first-order valence-electron chi connectivity index (χ1n) is 14.4. The molecule has 0 spiro atoms. The Morgan fingerprint density at radius 2 is 0.980 bits per heavy atom. The molecule has 49 heavy (non-hydrogen) atoms. The lowest BCUT2D eigenvalue weighted by Crippen LogP contribution is -2.54. The van der Waals surface area contributed by atoms with Crippen LogP contribution >= 0.6 is 23.2 Å². The maximum Gasteiger partial charge on any atom is 0.335 e. The predicted octanol–water partition coefficient (Wildman–Crippen LogP) is 4.64. The molecule has 0 aliphatic carbocycles. The highest BCUT2D eigenvalue weighted by atomic mass is 35.5. The van der Waals surface area contributed by atoms with Gasteiger partial charge in [-0.25, -0.2) is 34.8 Å². The van der Waals surface area contributed by atoms with E-state index in [0.717, 1.165) is 45.0 Å². The van der Waals surface area contributed by atoms with E-state index in [2.05, 4.69) is 0 Å². The summed E-state index contributed by atoms with van der Waals surface area (Å²) in [5.74, 6) is -4.48. The summed E-state index contributed by atoms with van der Waals surface area (Å²) in [4.78, 5) is 22.3. The Labute approximate surface area is 293 Å². The summed E-state index contributed by atoms with van der Waals surface area (Å²) in [5.41, 5.74) is 0.0162. The molecular weight excluding hydrogens is 739 g/mol. The highest BCUT2D eigenvalue weighted by Gasteiger charge is 2.51. The van der Waals surface area contributed by atoms with Crippen LogP contribution in [0.3, 0.4) is 0 Å². The Balaban J connectivity index is 1.74. The molecule has 12 nitrogen and oxygen atoms in total. The highest BCUT2D eigenvalue weighted by molar-refractivity contribution is 7.92. The topological polar surface area (TPSA) is 183 Å². The second kappa shape index (κ2) is 14.2. The number of carboxylic acids is 2. The van der Waals surface area contributed by atoms with Crippen molar-refractivity contribution in [3.8, 4) is 0 Å². The third-order valence-electron chi connectivity index (χ3n) is 7.93. The molecule has 0 aromatic heterocycles. The summed E-state index contributed by atoms with van der Waals surface area (Å²) >= 11 is 12.7. The van der Waals surface area contributed by atoms with Crippen LogP contribution in [0.2, 0.25) is 10.0 Å². The Bertz CT molecular complexity index is 2080. The van der Waals surface area contributed by atoms with E-state index in [0.29, 0.717) is 11.1 Å². The molecule has 258 valence electrons. The average molecular weight is 768 g/mol. The van der Waals surface area contributed by atoms with Gasteiger partial charge < -0.3 is 10.2 Å². The molecule has 17 heteroatoms. The number of aromatic carboxylic acids is 2. The molecule has 2 N–H and O–H groups in total. The van der Waals surface area contributed by atoms with Crippen LogP contribution in [0.5, 0.6) is 0 Å². The van der Waals surface area contributed by atoms with Gasteiger partial charge in [-0.2, -0.15) is 8.61 Å². The summed E-state index contributed by atoms with van der Waals surface area (Å²) in [7, 11) is -13.8. The fourth-order valence-corrected chi connectivity index (χ4v) is 12.0.